The molecule has 2 N–H and O–H groups in total. The molecule has 0 aliphatic carbocycles. The van der Waals surface area contributed by atoms with Crippen molar-refractivity contribution in [2.75, 3.05) is 11.6 Å². The molecular weight excluding hydrogens is 250 g/mol. The normalized spacial score (nSPS) is 11.4. The molecule has 0 aliphatic rings. The van der Waals surface area contributed by atoms with Gasteiger partial charge in [0.25, 0.3) is 0 Å². The van der Waals surface area contributed by atoms with Gasteiger partial charge in [0.05, 0.1) is 23.5 Å². The zero-order valence-corrected chi connectivity index (χ0v) is 11.1. The van der Waals surface area contributed by atoms with Gasteiger partial charge in [-0.05, 0) is 24.6 Å². The standard InChI is InChI=1S/C12H15N3O2S/c1-9-3-4-11(18(2,16)17)5-12(9)14-7-10-6-13-8-15-10/h3-6,8,14H,7H2,1-2H3,(H,13,15). The summed E-state index contributed by atoms with van der Waals surface area (Å²) in [4.78, 5) is 7.22. The number of anilines is 1. The number of aromatic nitrogens is 2. The first kappa shape index (κ1) is 12.6. The fourth-order valence-electron chi connectivity index (χ4n) is 1.59. The van der Waals surface area contributed by atoms with Gasteiger partial charge in [-0.1, -0.05) is 6.07 Å². The molecule has 0 atom stereocenters. The highest BCUT2D eigenvalue weighted by atomic mass is 32.2. The molecule has 0 radical (unpaired) electrons. The van der Waals surface area contributed by atoms with E-state index in [-0.39, 0.29) is 0 Å². The number of imidazole rings is 1. The highest BCUT2D eigenvalue weighted by Crippen LogP contribution is 2.20. The van der Waals surface area contributed by atoms with E-state index in [1.54, 1.807) is 30.7 Å². The summed E-state index contributed by atoms with van der Waals surface area (Å²) in [6.07, 6.45) is 4.54. The van der Waals surface area contributed by atoms with Gasteiger partial charge in [-0.2, -0.15) is 0 Å². The van der Waals surface area contributed by atoms with E-state index in [9.17, 15) is 8.42 Å². The number of nitrogens with zero attached hydrogens (tertiary/aromatic N) is 1. The molecule has 0 aliphatic heterocycles. The number of aryl methyl sites for hydroxylation is 1. The van der Waals surface area contributed by atoms with Crippen LogP contribution < -0.4 is 5.32 Å². The molecule has 0 bridgehead atoms. The first-order chi connectivity index (χ1) is 8.47. The maximum absolute atomic E-state index is 11.5. The molecular formula is C12H15N3O2S. The summed E-state index contributed by atoms with van der Waals surface area (Å²) in [6, 6.07) is 5.07. The van der Waals surface area contributed by atoms with Crippen molar-refractivity contribution in [3.63, 3.8) is 0 Å². The predicted molar refractivity (Wildman–Crippen MR) is 70.2 cm³/mol. The van der Waals surface area contributed by atoms with Crippen LogP contribution in [0.4, 0.5) is 5.69 Å². The van der Waals surface area contributed by atoms with Crippen LogP contribution >= 0.6 is 0 Å². The van der Waals surface area contributed by atoms with Crippen molar-refractivity contribution in [1.82, 2.24) is 9.97 Å². The Balaban J connectivity index is 2.22. The molecule has 0 saturated heterocycles. The van der Waals surface area contributed by atoms with Crippen molar-refractivity contribution in [3.05, 3.63) is 42.0 Å². The average molecular weight is 265 g/mol. The average Bonchev–Trinajstić information content (AvgIpc) is 2.79. The van der Waals surface area contributed by atoms with Crippen LogP contribution in [0.1, 0.15) is 11.3 Å². The van der Waals surface area contributed by atoms with Gasteiger partial charge < -0.3 is 10.3 Å². The second-order valence-corrected chi connectivity index (χ2v) is 6.20. The Morgan fingerprint density at radius 3 is 2.78 bits per heavy atom. The molecule has 0 unspecified atom stereocenters. The fraction of sp³-hybridized carbons (Fsp3) is 0.250. The Kier molecular flexibility index (Phi) is 3.38. The number of hydrogen-bond acceptors (Lipinski definition) is 4. The van der Waals surface area contributed by atoms with Crippen LogP contribution in [0.25, 0.3) is 0 Å². The van der Waals surface area contributed by atoms with E-state index < -0.39 is 9.84 Å². The molecule has 5 nitrogen and oxygen atoms in total. The van der Waals surface area contributed by atoms with Gasteiger partial charge in [0.2, 0.25) is 0 Å². The first-order valence-electron chi connectivity index (χ1n) is 5.48. The second-order valence-electron chi connectivity index (χ2n) is 4.18. The van der Waals surface area contributed by atoms with Crippen LogP contribution in [0.3, 0.4) is 0 Å². The Hall–Kier alpha value is -1.82. The predicted octanol–water partition coefficient (Wildman–Crippen LogP) is 1.73. The molecule has 1 heterocycles. The van der Waals surface area contributed by atoms with Crippen molar-refractivity contribution >= 4 is 15.5 Å². The second kappa shape index (κ2) is 4.81. The lowest BCUT2D eigenvalue weighted by atomic mass is 10.2. The van der Waals surface area contributed by atoms with E-state index in [4.69, 9.17) is 0 Å². The molecule has 0 saturated carbocycles. The van der Waals surface area contributed by atoms with E-state index in [0.29, 0.717) is 11.4 Å². The van der Waals surface area contributed by atoms with E-state index in [2.05, 4.69) is 15.3 Å². The molecule has 96 valence electrons. The van der Waals surface area contributed by atoms with Crippen molar-refractivity contribution in [3.8, 4) is 0 Å². The molecule has 2 aromatic rings. The minimum absolute atomic E-state index is 0.320. The minimum atomic E-state index is -3.17. The largest absolute Gasteiger partial charge is 0.379 e. The molecule has 1 aromatic carbocycles. The van der Waals surface area contributed by atoms with Crippen molar-refractivity contribution in [2.24, 2.45) is 0 Å². The van der Waals surface area contributed by atoms with Crippen LogP contribution in [0.5, 0.6) is 0 Å². The Morgan fingerprint density at radius 2 is 2.17 bits per heavy atom. The molecule has 1 aromatic heterocycles. The van der Waals surface area contributed by atoms with E-state index in [1.807, 2.05) is 6.92 Å². The third-order valence-electron chi connectivity index (χ3n) is 2.66. The van der Waals surface area contributed by atoms with E-state index in [0.717, 1.165) is 16.9 Å². The Morgan fingerprint density at radius 1 is 1.39 bits per heavy atom. The highest BCUT2D eigenvalue weighted by Gasteiger charge is 2.09. The molecule has 6 heteroatoms. The lowest BCUT2D eigenvalue weighted by Gasteiger charge is -2.10. The van der Waals surface area contributed by atoms with Crippen LogP contribution in [-0.4, -0.2) is 24.6 Å². The van der Waals surface area contributed by atoms with Crippen molar-refractivity contribution < 1.29 is 8.42 Å². The van der Waals surface area contributed by atoms with Crippen molar-refractivity contribution in [1.29, 1.82) is 0 Å². The van der Waals surface area contributed by atoms with Crippen LogP contribution in [0, 0.1) is 6.92 Å². The molecule has 0 fully saturated rings. The molecule has 2 rings (SSSR count). The monoisotopic (exact) mass is 265 g/mol. The number of nitrogens with one attached hydrogen (secondary N) is 2. The van der Waals surface area contributed by atoms with Gasteiger partial charge in [-0.25, -0.2) is 13.4 Å². The van der Waals surface area contributed by atoms with Gasteiger partial charge in [0, 0.05) is 18.1 Å². The number of H-pyrrole nitrogens is 1. The smallest absolute Gasteiger partial charge is 0.175 e. The Labute approximate surface area is 106 Å². The summed E-state index contributed by atoms with van der Waals surface area (Å²) in [6.45, 7) is 2.51. The Bertz CT molecular complexity index is 633. The number of rotatable bonds is 4. The van der Waals surface area contributed by atoms with E-state index >= 15 is 0 Å². The highest BCUT2D eigenvalue weighted by molar-refractivity contribution is 7.90. The summed E-state index contributed by atoms with van der Waals surface area (Å²) in [5, 5.41) is 3.19. The summed E-state index contributed by atoms with van der Waals surface area (Å²) in [5.41, 5.74) is 2.76. The van der Waals surface area contributed by atoms with Gasteiger partial charge in [0.15, 0.2) is 9.84 Å². The summed E-state index contributed by atoms with van der Waals surface area (Å²) in [5.74, 6) is 0. The van der Waals surface area contributed by atoms with Crippen LogP contribution in [0.2, 0.25) is 0 Å². The topological polar surface area (TPSA) is 74.8 Å². The van der Waals surface area contributed by atoms with Gasteiger partial charge in [-0.15, -0.1) is 0 Å². The summed E-state index contributed by atoms with van der Waals surface area (Å²) >= 11 is 0. The molecule has 0 spiro atoms. The van der Waals surface area contributed by atoms with Gasteiger partial charge in [-0.3, -0.25) is 0 Å². The van der Waals surface area contributed by atoms with E-state index in [1.165, 1.54) is 6.26 Å². The fourth-order valence-corrected chi connectivity index (χ4v) is 2.24. The molecule has 18 heavy (non-hydrogen) atoms. The molecule has 0 amide bonds. The van der Waals surface area contributed by atoms with Crippen LogP contribution in [0.15, 0.2) is 35.6 Å². The maximum atomic E-state index is 11.5. The van der Waals surface area contributed by atoms with Crippen LogP contribution in [-0.2, 0) is 16.4 Å². The third kappa shape index (κ3) is 2.89. The SMILES string of the molecule is Cc1ccc(S(C)(=O)=O)cc1NCc1cnc[nH]1. The van der Waals surface area contributed by atoms with Crippen molar-refractivity contribution in [2.45, 2.75) is 18.4 Å². The lowest BCUT2D eigenvalue weighted by Crippen LogP contribution is -2.04. The van der Waals surface area contributed by atoms with Gasteiger partial charge in [0.1, 0.15) is 0 Å². The number of sulfone groups is 1. The minimum Gasteiger partial charge on any atom is -0.379 e. The summed E-state index contributed by atoms with van der Waals surface area (Å²) in [7, 11) is -3.17. The lowest BCUT2D eigenvalue weighted by molar-refractivity contribution is 0.602. The summed E-state index contributed by atoms with van der Waals surface area (Å²) < 4.78 is 23.0. The number of benzene rings is 1. The third-order valence-corrected chi connectivity index (χ3v) is 3.77. The zero-order chi connectivity index (χ0) is 13.2. The first-order valence-corrected chi connectivity index (χ1v) is 7.38. The van der Waals surface area contributed by atoms with Gasteiger partial charge >= 0.3 is 0 Å². The zero-order valence-electron chi connectivity index (χ0n) is 10.3. The number of aromatic amines is 1. The quantitative estimate of drug-likeness (QED) is 0.883. The maximum Gasteiger partial charge on any atom is 0.175 e. The number of hydrogen-bond donors (Lipinski definition) is 2.